The zero-order chi connectivity index (χ0) is 24.8. The van der Waals surface area contributed by atoms with E-state index in [0.717, 1.165) is 4.52 Å². The van der Waals surface area contributed by atoms with Gasteiger partial charge in [0.1, 0.15) is 23.3 Å². The summed E-state index contributed by atoms with van der Waals surface area (Å²) in [4.78, 5) is 33.8. The molecule has 11 heteroatoms. The van der Waals surface area contributed by atoms with Crippen molar-refractivity contribution in [3.05, 3.63) is 51.8 Å². The number of anilines is 2. The number of rotatable bonds is 2. The van der Waals surface area contributed by atoms with Crippen molar-refractivity contribution in [1.29, 1.82) is 0 Å². The number of aromatic nitrogens is 3. The molecular formula is C23H26ClFN6O3. The van der Waals surface area contributed by atoms with Gasteiger partial charge in [0.15, 0.2) is 5.82 Å². The number of carbonyl (C=O) groups is 1. The summed E-state index contributed by atoms with van der Waals surface area (Å²) in [6.45, 7) is 8.70. The number of nitrogen functional groups attached to an aromatic ring is 1. The van der Waals surface area contributed by atoms with Crippen molar-refractivity contribution >= 4 is 34.7 Å². The van der Waals surface area contributed by atoms with E-state index in [1.807, 2.05) is 32.6 Å². The van der Waals surface area contributed by atoms with Crippen LogP contribution in [-0.4, -0.2) is 56.9 Å². The predicted molar refractivity (Wildman–Crippen MR) is 129 cm³/mol. The molecule has 2 N–H and O–H groups in total. The van der Waals surface area contributed by atoms with Crippen molar-refractivity contribution in [1.82, 2.24) is 19.5 Å². The van der Waals surface area contributed by atoms with Crippen LogP contribution in [0.4, 0.5) is 20.7 Å². The van der Waals surface area contributed by atoms with Crippen LogP contribution in [0.3, 0.4) is 0 Å². The van der Waals surface area contributed by atoms with Crippen molar-refractivity contribution < 1.29 is 13.9 Å². The number of halogens is 2. The van der Waals surface area contributed by atoms with Gasteiger partial charge >= 0.3 is 6.09 Å². The summed E-state index contributed by atoms with van der Waals surface area (Å²) in [5, 5.41) is 4.13. The number of nitrogens with zero attached hydrogens (tertiary/aromatic N) is 5. The van der Waals surface area contributed by atoms with Gasteiger partial charge in [-0.2, -0.15) is 9.61 Å². The zero-order valence-corrected chi connectivity index (χ0v) is 20.1. The first kappa shape index (κ1) is 23.7. The van der Waals surface area contributed by atoms with Crippen LogP contribution >= 0.6 is 11.6 Å². The lowest BCUT2D eigenvalue weighted by molar-refractivity contribution is 0.0218. The monoisotopic (exact) mass is 488 g/mol. The number of pyridine rings is 1. The molecule has 180 valence electrons. The van der Waals surface area contributed by atoms with Crippen molar-refractivity contribution in [2.75, 3.05) is 30.3 Å². The van der Waals surface area contributed by atoms with Crippen LogP contribution in [0.25, 0.3) is 16.6 Å². The molecule has 0 unspecified atom stereocenters. The molecule has 3 aromatic rings. The van der Waals surface area contributed by atoms with E-state index in [2.05, 4.69) is 10.1 Å². The van der Waals surface area contributed by atoms with Crippen LogP contribution in [0.2, 0.25) is 5.02 Å². The minimum absolute atomic E-state index is 0.0397. The van der Waals surface area contributed by atoms with E-state index in [4.69, 9.17) is 22.1 Å². The van der Waals surface area contributed by atoms with E-state index >= 15 is 0 Å². The Balaban J connectivity index is 1.72. The number of benzene rings is 1. The number of carbonyl (C=O) groups excluding carboxylic acids is 1. The van der Waals surface area contributed by atoms with Crippen LogP contribution in [-0.2, 0) is 4.74 Å². The maximum Gasteiger partial charge on any atom is 0.410 e. The SMILES string of the molecule is C[C@H]1CN(C(=O)OC(C)(C)C)CCN1c1ncnn2c(=O)c(-c3c(N)cccc3F)c(Cl)cc12. The molecule has 2 aromatic heterocycles. The summed E-state index contributed by atoms with van der Waals surface area (Å²) in [5.41, 5.74) is 5.09. The highest BCUT2D eigenvalue weighted by molar-refractivity contribution is 6.34. The number of ether oxygens (including phenoxy) is 1. The maximum absolute atomic E-state index is 14.6. The van der Waals surface area contributed by atoms with Gasteiger partial charge in [0.25, 0.3) is 5.56 Å². The largest absolute Gasteiger partial charge is 0.444 e. The third-order valence-corrected chi connectivity index (χ3v) is 5.86. The van der Waals surface area contributed by atoms with Gasteiger partial charge in [-0.15, -0.1) is 0 Å². The van der Waals surface area contributed by atoms with E-state index in [1.165, 1.54) is 30.6 Å². The van der Waals surface area contributed by atoms with Gasteiger partial charge in [-0.1, -0.05) is 17.7 Å². The number of hydrogen-bond donors (Lipinski definition) is 1. The molecular weight excluding hydrogens is 463 g/mol. The lowest BCUT2D eigenvalue weighted by Crippen LogP contribution is -2.55. The van der Waals surface area contributed by atoms with Gasteiger partial charge in [0.2, 0.25) is 0 Å². The van der Waals surface area contributed by atoms with Gasteiger partial charge in [0.05, 0.1) is 10.6 Å². The molecule has 34 heavy (non-hydrogen) atoms. The van der Waals surface area contributed by atoms with E-state index in [-0.39, 0.29) is 34.0 Å². The number of piperazine rings is 1. The number of amides is 1. The summed E-state index contributed by atoms with van der Waals surface area (Å²) < 4.78 is 21.2. The van der Waals surface area contributed by atoms with E-state index in [0.29, 0.717) is 31.0 Å². The first-order valence-corrected chi connectivity index (χ1v) is 11.2. The molecule has 1 fully saturated rings. The van der Waals surface area contributed by atoms with Crippen molar-refractivity contribution in [3.8, 4) is 11.1 Å². The molecule has 0 saturated carbocycles. The highest BCUT2D eigenvalue weighted by Crippen LogP contribution is 2.33. The molecule has 1 saturated heterocycles. The molecule has 0 bridgehead atoms. The molecule has 9 nitrogen and oxygen atoms in total. The van der Waals surface area contributed by atoms with Crippen molar-refractivity contribution in [2.24, 2.45) is 0 Å². The first-order chi connectivity index (χ1) is 16.0. The Labute approximate surface area is 200 Å². The van der Waals surface area contributed by atoms with E-state index in [1.54, 1.807) is 4.90 Å². The second kappa shape index (κ2) is 8.75. The van der Waals surface area contributed by atoms with Gasteiger partial charge in [-0.25, -0.2) is 14.2 Å². The van der Waals surface area contributed by atoms with Gasteiger partial charge in [-0.3, -0.25) is 4.79 Å². The molecule has 1 atom stereocenters. The summed E-state index contributed by atoms with van der Waals surface area (Å²) >= 11 is 6.48. The van der Waals surface area contributed by atoms with Crippen LogP contribution < -0.4 is 16.2 Å². The Morgan fingerprint density at radius 2 is 2.00 bits per heavy atom. The van der Waals surface area contributed by atoms with Gasteiger partial charge < -0.3 is 20.3 Å². The smallest absolute Gasteiger partial charge is 0.410 e. The highest BCUT2D eigenvalue weighted by atomic mass is 35.5. The third-order valence-electron chi connectivity index (χ3n) is 5.56. The lowest BCUT2D eigenvalue weighted by Gasteiger charge is -2.40. The second-order valence-corrected chi connectivity index (χ2v) is 9.63. The normalized spacial score (nSPS) is 16.7. The molecule has 3 heterocycles. The lowest BCUT2D eigenvalue weighted by atomic mass is 10.0. The standard InChI is InChI=1S/C23H26ClFN6O3/c1-13-11-29(22(33)34-23(2,3)4)8-9-30(13)20-17-10-14(24)18(21(32)31(17)28-12-27-20)19-15(25)6-5-7-16(19)26/h5-7,10,12-13H,8-9,11,26H2,1-4H3/t13-/m0/s1. The molecule has 0 aliphatic carbocycles. The second-order valence-electron chi connectivity index (χ2n) is 9.23. The summed E-state index contributed by atoms with van der Waals surface area (Å²) in [7, 11) is 0. The number of nitrogens with two attached hydrogens (primary N) is 1. The molecule has 1 aliphatic heterocycles. The predicted octanol–water partition coefficient (Wildman–Crippen LogP) is 3.58. The molecule has 1 amide bonds. The van der Waals surface area contributed by atoms with Gasteiger partial charge in [-0.05, 0) is 45.9 Å². The van der Waals surface area contributed by atoms with E-state index < -0.39 is 17.0 Å². The fraction of sp³-hybridized carbons (Fsp3) is 0.391. The van der Waals surface area contributed by atoms with Crippen LogP contribution in [0, 0.1) is 5.82 Å². The Morgan fingerprint density at radius 1 is 1.26 bits per heavy atom. The van der Waals surface area contributed by atoms with Crippen LogP contribution in [0.15, 0.2) is 35.4 Å². The third kappa shape index (κ3) is 4.37. The van der Waals surface area contributed by atoms with Crippen molar-refractivity contribution in [3.63, 3.8) is 0 Å². The minimum atomic E-state index is -0.653. The highest BCUT2D eigenvalue weighted by Gasteiger charge is 2.32. The van der Waals surface area contributed by atoms with Gasteiger partial charge in [0, 0.05) is 36.9 Å². The molecule has 1 aliphatic rings. The Kier molecular flexibility index (Phi) is 6.11. The topological polar surface area (TPSA) is 106 Å². The first-order valence-electron chi connectivity index (χ1n) is 10.8. The Bertz CT molecular complexity index is 1300. The summed E-state index contributed by atoms with van der Waals surface area (Å²) in [6.07, 6.45) is 0.886. The molecule has 0 spiro atoms. The average molecular weight is 489 g/mol. The van der Waals surface area contributed by atoms with Crippen LogP contribution in [0.1, 0.15) is 27.7 Å². The van der Waals surface area contributed by atoms with Crippen molar-refractivity contribution in [2.45, 2.75) is 39.3 Å². The zero-order valence-electron chi connectivity index (χ0n) is 19.4. The summed E-state index contributed by atoms with van der Waals surface area (Å²) in [6, 6.07) is 5.58. The average Bonchev–Trinajstić information content (AvgIpc) is 2.74. The Morgan fingerprint density at radius 3 is 2.65 bits per heavy atom. The molecule has 4 rings (SSSR count). The molecule has 1 aromatic carbocycles. The number of hydrogen-bond acceptors (Lipinski definition) is 7. The van der Waals surface area contributed by atoms with Crippen LogP contribution in [0.5, 0.6) is 0 Å². The quantitative estimate of drug-likeness (QED) is 0.549. The Hall–Kier alpha value is -3.40. The number of fused-ring (bicyclic) bond motifs is 1. The fourth-order valence-corrected chi connectivity index (χ4v) is 4.34. The maximum atomic E-state index is 14.6. The summed E-state index contributed by atoms with van der Waals surface area (Å²) in [5.74, 6) is -0.168. The van der Waals surface area contributed by atoms with E-state index in [9.17, 15) is 14.0 Å². The molecule has 0 radical (unpaired) electrons. The fourth-order valence-electron chi connectivity index (χ4n) is 4.06. The minimum Gasteiger partial charge on any atom is -0.444 e.